The molecular formula is C12H13F2IN2O2. The molecule has 4 nitrogen and oxygen atoms in total. The van der Waals surface area contributed by atoms with E-state index in [2.05, 4.69) is 10.6 Å². The zero-order chi connectivity index (χ0) is 14.0. The fourth-order valence-electron chi connectivity index (χ4n) is 1.94. The van der Waals surface area contributed by atoms with Gasteiger partial charge in [-0.25, -0.2) is 8.78 Å². The molecule has 19 heavy (non-hydrogen) atoms. The minimum atomic E-state index is -1.05. The van der Waals surface area contributed by atoms with Crippen molar-refractivity contribution in [3.63, 3.8) is 0 Å². The van der Waals surface area contributed by atoms with Gasteiger partial charge in [-0.1, -0.05) is 0 Å². The highest BCUT2D eigenvalue weighted by Gasteiger charge is 2.25. The van der Waals surface area contributed by atoms with Crippen molar-refractivity contribution in [1.82, 2.24) is 10.6 Å². The van der Waals surface area contributed by atoms with Crippen LogP contribution in [0.1, 0.15) is 10.4 Å². The van der Waals surface area contributed by atoms with Gasteiger partial charge in [0.2, 0.25) is 0 Å². The maximum atomic E-state index is 13.1. The lowest BCUT2D eigenvalue weighted by molar-refractivity contribution is 0.0925. The fraction of sp³-hybridized carbons (Fsp3) is 0.417. The SMILES string of the molecule is O=C(NCC1CNCC1O)c1cc(F)c(F)cc1I. The Morgan fingerprint density at radius 3 is 2.74 bits per heavy atom. The van der Waals surface area contributed by atoms with Crippen molar-refractivity contribution in [3.05, 3.63) is 32.9 Å². The van der Waals surface area contributed by atoms with Gasteiger partial charge in [0.15, 0.2) is 11.6 Å². The van der Waals surface area contributed by atoms with Crippen molar-refractivity contribution < 1.29 is 18.7 Å². The fourth-order valence-corrected chi connectivity index (χ4v) is 2.62. The van der Waals surface area contributed by atoms with Crippen LogP contribution in [0.3, 0.4) is 0 Å². The van der Waals surface area contributed by atoms with E-state index in [0.29, 0.717) is 23.2 Å². The average Bonchev–Trinajstić information content (AvgIpc) is 2.76. The molecule has 0 saturated carbocycles. The van der Waals surface area contributed by atoms with Gasteiger partial charge in [0.25, 0.3) is 5.91 Å². The monoisotopic (exact) mass is 382 g/mol. The molecule has 104 valence electrons. The Morgan fingerprint density at radius 1 is 1.42 bits per heavy atom. The second-order valence-electron chi connectivity index (χ2n) is 4.44. The van der Waals surface area contributed by atoms with Gasteiger partial charge in [0.1, 0.15) is 0 Å². The lowest BCUT2D eigenvalue weighted by Gasteiger charge is -2.14. The van der Waals surface area contributed by atoms with Crippen molar-refractivity contribution in [2.75, 3.05) is 19.6 Å². The van der Waals surface area contributed by atoms with Crippen LogP contribution < -0.4 is 10.6 Å². The van der Waals surface area contributed by atoms with E-state index in [1.54, 1.807) is 22.6 Å². The number of aliphatic hydroxyl groups excluding tert-OH is 1. The van der Waals surface area contributed by atoms with E-state index in [0.717, 1.165) is 12.1 Å². The molecule has 1 amide bonds. The van der Waals surface area contributed by atoms with E-state index in [1.165, 1.54) is 0 Å². The number of carbonyl (C=O) groups excluding carboxylic acids is 1. The molecule has 0 spiro atoms. The van der Waals surface area contributed by atoms with E-state index in [4.69, 9.17) is 0 Å². The standard InChI is InChI=1S/C12H13F2IN2O2/c13-8-1-7(10(15)2-9(8)14)12(19)17-4-6-3-16-5-11(6)18/h1-2,6,11,16,18H,3-5H2,(H,17,19). The van der Waals surface area contributed by atoms with Gasteiger partial charge in [-0.15, -0.1) is 0 Å². The summed E-state index contributed by atoms with van der Waals surface area (Å²) < 4.78 is 26.4. The van der Waals surface area contributed by atoms with Crippen LogP contribution in [0.4, 0.5) is 8.78 Å². The van der Waals surface area contributed by atoms with E-state index in [-0.39, 0.29) is 11.5 Å². The summed E-state index contributed by atoms with van der Waals surface area (Å²) in [5.41, 5.74) is 0.0972. The van der Waals surface area contributed by atoms with E-state index in [1.807, 2.05) is 0 Å². The van der Waals surface area contributed by atoms with E-state index < -0.39 is 23.6 Å². The molecule has 1 heterocycles. The molecule has 1 saturated heterocycles. The zero-order valence-electron chi connectivity index (χ0n) is 9.92. The molecule has 1 aromatic carbocycles. The number of carbonyl (C=O) groups is 1. The van der Waals surface area contributed by atoms with Crippen molar-refractivity contribution in [2.24, 2.45) is 5.92 Å². The third-order valence-electron chi connectivity index (χ3n) is 3.08. The van der Waals surface area contributed by atoms with Crippen molar-refractivity contribution in [1.29, 1.82) is 0 Å². The van der Waals surface area contributed by atoms with Crippen LogP contribution in [-0.4, -0.2) is 36.8 Å². The molecule has 1 aromatic rings. The van der Waals surface area contributed by atoms with Gasteiger partial charge < -0.3 is 15.7 Å². The number of nitrogens with one attached hydrogen (secondary N) is 2. The Balaban J connectivity index is 2.02. The van der Waals surface area contributed by atoms with Gasteiger partial charge in [-0.05, 0) is 34.7 Å². The second-order valence-corrected chi connectivity index (χ2v) is 5.60. The molecule has 2 unspecified atom stereocenters. The average molecular weight is 382 g/mol. The Labute approximate surface area is 122 Å². The third kappa shape index (κ3) is 3.40. The number of hydrogen-bond acceptors (Lipinski definition) is 3. The Morgan fingerprint density at radius 2 is 2.11 bits per heavy atom. The molecule has 2 atom stereocenters. The number of rotatable bonds is 3. The molecule has 1 aliphatic heterocycles. The first kappa shape index (κ1) is 14.6. The quantitative estimate of drug-likeness (QED) is 0.538. The second kappa shape index (κ2) is 6.10. The van der Waals surface area contributed by atoms with Crippen LogP contribution in [0, 0.1) is 21.1 Å². The van der Waals surface area contributed by atoms with Crippen molar-refractivity contribution >= 4 is 28.5 Å². The predicted octanol–water partition coefficient (Wildman–Crippen LogP) is 0.880. The highest BCUT2D eigenvalue weighted by molar-refractivity contribution is 14.1. The first-order valence-corrected chi connectivity index (χ1v) is 6.88. The Bertz CT molecular complexity index is 499. The lowest BCUT2D eigenvalue weighted by atomic mass is 10.1. The predicted molar refractivity (Wildman–Crippen MR) is 73.8 cm³/mol. The number of amides is 1. The minimum Gasteiger partial charge on any atom is -0.391 e. The molecule has 0 aromatic heterocycles. The van der Waals surface area contributed by atoms with Gasteiger partial charge in [0.05, 0.1) is 11.7 Å². The van der Waals surface area contributed by atoms with Gasteiger partial charge in [0, 0.05) is 29.1 Å². The molecule has 0 aliphatic carbocycles. The molecule has 2 rings (SSSR count). The highest BCUT2D eigenvalue weighted by atomic mass is 127. The lowest BCUT2D eigenvalue weighted by Crippen LogP contribution is -2.34. The first-order valence-electron chi connectivity index (χ1n) is 5.80. The summed E-state index contributed by atoms with van der Waals surface area (Å²) in [4.78, 5) is 11.9. The molecule has 1 fully saturated rings. The summed E-state index contributed by atoms with van der Waals surface area (Å²) in [6.45, 7) is 1.42. The molecule has 3 N–H and O–H groups in total. The highest BCUT2D eigenvalue weighted by Crippen LogP contribution is 2.17. The summed E-state index contributed by atoms with van der Waals surface area (Å²) in [7, 11) is 0. The summed E-state index contributed by atoms with van der Waals surface area (Å²) in [5, 5.41) is 15.2. The Kier molecular flexibility index (Phi) is 4.69. The topological polar surface area (TPSA) is 61.4 Å². The molecule has 7 heteroatoms. The molecule has 0 radical (unpaired) electrons. The van der Waals surface area contributed by atoms with E-state index in [9.17, 15) is 18.7 Å². The van der Waals surface area contributed by atoms with E-state index >= 15 is 0 Å². The summed E-state index contributed by atoms with van der Waals surface area (Å²) in [6.07, 6.45) is -0.496. The number of β-amino-alcohol motifs (C(OH)–C–C–N with tert-alkyl or cyclic N) is 1. The zero-order valence-corrected chi connectivity index (χ0v) is 12.1. The third-order valence-corrected chi connectivity index (χ3v) is 3.98. The minimum absolute atomic E-state index is 0.0630. The normalized spacial score (nSPS) is 22.5. The van der Waals surface area contributed by atoms with Crippen LogP contribution in [0.25, 0.3) is 0 Å². The number of aliphatic hydroxyl groups is 1. The van der Waals surface area contributed by atoms with Crippen molar-refractivity contribution in [2.45, 2.75) is 6.10 Å². The van der Waals surface area contributed by atoms with Crippen LogP contribution in [0.2, 0.25) is 0 Å². The van der Waals surface area contributed by atoms with Gasteiger partial charge >= 0.3 is 0 Å². The van der Waals surface area contributed by atoms with Crippen LogP contribution >= 0.6 is 22.6 Å². The number of benzene rings is 1. The number of hydrogen-bond donors (Lipinski definition) is 3. The largest absolute Gasteiger partial charge is 0.391 e. The molecule has 1 aliphatic rings. The Hall–Kier alpha value is -0.800. The summed E-state index contributed by atoms with van der Waals surface area (Å²) >= 11 is 1.78. The van der Waals surface area contributed by atoms with Crippen LogP contribution in [0.15, 0.2) is 12.1 Å². The number of halogens is 3. The van der Waals surface area contributed by atoms with Crippen LogP contribution in [0.5, 0.6) is 0 Å². The van der Waals surface area contributed by atoms with Crippen LogP contribution in [-0.2, 0) is 0 Å². The first-order chi connectivity index (χ1) is 8.99. The van der Waals surface area contributed by atoms with Gasteiger partial charge in [-0.3, -0.25) is 4.79 Å². The van der Waals surface area contributed by atoms with Crippen molar-refractivity contribution in [3.8, 4) is 0 Å². The summed E-state index contributed by atoms with van der Waals surface area (Å²) in [5.74, 6) is -2.56. The molecule has 0 bridgehead atoms. The maximum absolute atomic E-state index is 13.1. The summed E-state index contributed by atoms with van der Waals surface area (Å²) in [6, 6.07) is 1.87. The smallest absolute Gasteiger partial charge is 0.252 e. The maximum Gasteiger partial charge on any atom is 0.252 e. The van der Waals surface area contributed by atoms with Gasteiger partial charge in [-0.2, -0.15) is 0 Å². The molecular weight excluding hydrogens is 369 g/mol.